The van der Waals surface area contributed by atoms with Crippen molar-refractivity contribution in [2.45, 2.75) is 19.8 Å². The van der Waals surface area contributed by atoms with Crippen molar-refractivity contribution in [2.24, 2.45) is 11.1 Å². The zero-order valence-electron chi connectivity index (χ0n) is 14.6. The number of amides is 1. The van der Waals surface area contributed by atoms with Crippen molar-refractivity contribution in [3.05, 3.63) is 29.1 Å². The minimum Gasteiger partial charge on any atom is -0.462 e. The lowest BCUT2D eigenvalue weighted by Gasteiger charge is -2.34. The summed E-state index contributed by atoms with van der Waals surface area (Å²) < 4.78 is 11.4. The molecule has 2 aromatic rings. The molecule has 26 heavy (non-hydrogen) atoms. The molecule has 1 aliphatic rings. The zero-order chi connectivity index (χ0) is 17.9. The molecule has 0 unspecified atom stereocenters. The molecule has 0 saturated carbocycles. The summed E-state index contributed by atoms with van der Waals surface area (Å²) in [6.07, 6.45) is 1.26. The Bertz CT molecular complexity index is 787. The maximum atomic E-state index is 12.7. The number of benzene rings is 1. The minimum absolute atomic E-state index is 0. The first-order valence-corrected chi connectivity index (χ1v) is 9.19. The Balaban J connectivity index is 0.00000243. The SMILES string of the molecule is CCOC(=O)c1cc2cc(NC(=O)C3(CN)CCOCC3)ccc2s1.Cl. The molecule has 1 aromatic heterocycles. The molecular formula is C18H23ClN2O4S. The van der Waals surface area contributed by atoms with Crippen molar-refractivity contribution in [1.29, 1.82) is 0 Å². The molecule has 6 nitrogen and oxygen atoms in total. The van der Waals surface area contributed by atoms with E-state index in [1.807, 2.05) is 18.2 Å². The van der Waals surface area contributed by atoms with E-state index in [9.17, 15) is 9.59 Å². The summed E-state index contributed by atoms with van der Waals surface area (Å²) in [7, 11) is 0. The topological polar surface area (TPSA) is 90.7 Å². The van der Waals surface area contributed by atoms with E-state index in [1.165, 1.54) is 11.3 Å². The predicted molar refractivity (Wildman–Crippen MR) is 105 cm³/mol. The minimum atomic E-state index is -0.571. The molecular weight excluding hydrogens is 376 g/mol. The van der Waals surface area contributed by atoms with E-state index in [0.717, 1.165) is 10.1 Å². The van der Waals surface area contributed by atoms with Gasteiger partial charge in [0.05, 0.1) is 12.0 Å². The van der Waals surface area contributed by atoms with E-state index in [1.54, 1.807) is 13.0 Å². The van der Waals surface area contributed by atoms with Gasteiger partial charge in [-0.3, -0.25) is 4.79 Å². The number of rotatable bonds is 5. The summed E-state index contributed by atoms with van der Waals surface area (Å²) in [4.78, 5) is 25.2. The first-order valence-electron chi connectivity index (χ1n) is 8.38. The van der Waals surface area contributed by atoms with Crippen molar-refractivity contribution in [2.75, 3.05) is 31.7 Å². The van der Waals surface area contributed by atoms with Crippen LogP contribution in [0.3, 0.4) is 0 Å². The van der Waals surface area contributed by atoms with Gasteiger partial charge in [-0.1, -0.05) is 0 Å². The molecule has 8 heteroatoms. The molecule has 0 radical (unpaired) electrons. The zero-order valence-corrected chi connectivity index (χ0v) is 16.2. The van der Waals surface area contributed by atoms with Crippen molar-refractivity contribution >= 4 is 51.4 Å². The van der Waals surface area contributed by atoms with Gasteiger partial charge in [-0.05, 0) is 49.4 Å². The molecule has 1 aliphatic heterocycles. The van der Waals surface area contributed by atoms with Crippen molar-refractivity contribution < 1.29 is 19.1 Å². The van der Waals surface area contributed by atoms with Gasteiger partial charge in [0.25, 0.3) is 0 Å². The van der Waals surface area contributed by atoms with Crippen molar-refractivity contribution in [1.82, 2.24) is 0 Å². The maximum absolute atomic E-state index is 12.7. The number of halogens is 1. The third-order valence-corrected chi connectivity index (χ3v) is 5.67. The number of nitrogens with two attached hydrogens (primary N) is 1. The number of ether oxygens (including phenoxy) is 2. The van der Waals surface area contributed by atoms with E-state index in [2.05, 4.69) is 5.32 Å². The molecule has 0 aliphatic carbocycles. The molecule has 3 rings (SSSR count). The van der Waals surface area contributed by atoms with Crippen LogP contribution in [0.2, 0.25) is 0 Å². The molecule has 2 heterocycles. The number of thiophene rings is 1. The summed E-state index contributed by atoms with van der Waals surface area (Å²) >= 11 is 1.38. The lowest BCUT2D eigenvalue weighted by Crippen LogP contribution is -2.46. The van der Waals surface area contributed by atoms with Crippen LogP contribution in [0.15, 0.2) is 24.3 Å². The molecule has 1 aromatic carbocycles. The van der Waals surface area contributed by atoms with Gasteiger partial charge in [0, 0.05) is 30.1 Å². The lowest BCUT2D eigenvalue weighted by atomic mass is 9.79. The van der Waals surface area contributed by atoms with Gasteiger partial charge in [0.15, 0.2) is 0 Å². The number of esters is 1. The maximum Gasteiger partial charge on any atom is 0.348 e. The second-order valence-corrected chi connectivity index (χ2v) is 7.22. The lowest BCUT2D eigenvalue weighted by molar-refractivity contribution is -0.130. The first kappa shape index (κ1) is 20.6. The monoisotopic (exact) mass is 398 g/mol. The summed E-state index contributed by atoms with van der Waals surface area (Å²) in [5.74, 6) is -0.392. The molecule has 1 fully saturated rings. The fraction of sp³-hybridized carbons (Fsp3) is 0.444. The Hall–Kier alpha value is -1.67. The fourth-order valence-corrected chi connectivity index (χ4v) is 3.91. The van der Waals surface area contributed by atoms with Crippen LogP contribution in [0.5, 0.6) is 0 Å². The largest absolute Gasteiger partial charge is 0.462 e. The fourth-order valence-electron chi connectivity index (χ4n) is 2.97. The number of carbonyl (C=O) groups is 2. The Morgan fingerprint density at radius 2 is 2.04 bits per heavy atom. The number of nitrogens with one attached hydrogen (secondary N) is 1. The summed E-state index contributed by atoms with van der Waals surface area (Å²) in [5, 5.41) is 3.88. The number of anilines is 1. The van der Waals surface area contributed by atoms with Crippen molar-refractivity contribution in [3.63, 3.8) is 0 Å². The van der Waals surface area contributed by atoms with Gasteiger partial charge in [-0.25, -0.2) is 4.79 Å². The average Bonchev–Trinajstić information content (AvgIpc) is 3.06. The van der Waals surface area contributed by atoms with Crippen LogP contribution in [0, 0.1) is 5.41 Å². The molecule has 0 bridgehead atoms. The number of carbonyl (C=O) groups excluding carboxylic acids is 2. The number of fused-ring (bicyclic) bond motifs is 1. The highest BCUT2D eigenvalue weighted by atomic mass is 35.5. The molecule has 0 spiro atoms. The van der Waals surface area contributed by atoms with Gasteiger partial charge in [0.1, 0.15) is 4.88 Å². The average molecular weight is 399 g/mol. The molecule has 0 atom stereocenters. The van der Waals surface area contributed by atoms with Gasteiger partial charge < -0.3 is 20.5 Å². The highest BCUT2D eigenvalue weighted by molar-refractivity contribution is 7.20. The second kappa shape index (κ2) is 8.81. The number of hydrogen-bond donors (Lipinski definition) is 2. The summed E-state index contributed by atoms with van der Waals surface area (Å²) in [5.41, 5.74) is 6.01. The van der Waals surface area contributed by atoms with E-state index >= 15 is 0 Å². The Morgan fingerprint density at radius 3 is 2.69 bits per heavy atom. The molecule has 142 valence electrons. The van der Waals surface area contributed by atoms with Crippen molar-refractivity contribution in [3.8, 4) is 0 Å². The highest BCUT2D eigenvalue weighted by Gasteiger charge is 2.38. The quantitative estimate of drug-likeness (QED) is 0.755. The smallest absolute Gasteiger partial charge is 0.348 e. The molecule has 3 N–H and O–H groups in total. The molecule has 1 amide bonds. The standard InChI is InChI=1S/C18H22N2O4S.ClH/c1-2-24-16(21)15-10-12-9-13(3-4-14(12)25-15)20-17(22)18(11-19)5-7-23-8-6-18;/h3-4,9-10H,2,5-8,11,19H2,1H3,(H,20,22);1H. The first-order chi connectivity index (χ1) is 12.1. The van der Waals surface area contributed by atoms with E-state index in [0.29, 0.717) is 49.8 Å². The summed E-state index contributed by atoms with van der Waals surface area (Å²) in [6, 6.07) is 7.41. The van der Waals surface area contributed by atoms with Gasteiger partial charge in [-0.15, -0.1) is 23.7 Å². The third-order valence-electron chi connectivity index (χ3n) is 4.57. The van der Waals surface area contributed by atoms with Crippen LogP contribution in [-0.2, 0) is 14.3 Å². The van der Waals surface area contributed by atoms with E-state index in [4.69, 9.17) is 15.2 Å². The summed E-state index contributed by atoms with van der Waals surface area (Å²) in [6.45, 7) is 3.53. The highest BCUT2D eigenvalue weighted by Crippen LogP contribution is 2.32. The predicted octanol–water partition coefficient (Wildman–Crippen LogP) is 3.19. The Labute approximate surface area is 162 Å². The van der Waals surface area contributed by atoms with Gasteiger partial charge >= 0.3 is 5.97 Å². The van der Waals surface area contributed by atoms with Crippen LogP contribution in [0.1, 0.15) is 29.4 Å². The van der Waals surface area contributed by atoms with Gasteiger partial charge in [0.2, 0.25) is 5.91 Å². The van der Waals surface area contributed by atoms with Crippen LogP contribution in [-0.4, -0.2) is 38.2 Å². The van der Waals surface area contributed by atoms with Crippen LogP contribution >= 0.6 is 23.7 Å². The Morgan fingerprint density at radius 1 is 1.31 bits per heavy atom. The molecule has 1 saturated heterocycles. The van der Waals surface area contributed by atoms with Crippen LogP contribution in [0.25, 0.3) is 10.1 Å². The van der Waals surface area contributed by atoms with E-state index in [-0.39, 0.29) is 24.3 Å². The van der Waals surface area contributed by atoms with Crippen LogP contribution in [0.4, 0.5) is 5.69 Å². The third kappa shape index (κ3) is 4.17. The Kier molecular flexibility index (Phi) is 7.00. The van der Waals surface area contributed by atoms with E-state index < -0.39 is 5.41 Å². The number of hydrogen-bond acceptors (Lipinski definition) is 6. The second-order valence-electron chi connectivity index (χ2n) is 6.13. The van der Waals surface area contributed by atoms with Gasteiger partial charge in [-0.2, -0.15) is 0 Å². The van der Waals surface area contributed by atoms with Crippen LogP contribution < -0.4 is 11.1 Å². The normalized spacial score (nSPS) is 15.9.